The number of pyridine rings is 1. The van der Waals surface area contributed by atoms with E-state index in [0.29, 0.717) is 20.4 Å². The molecule has 0 bridgehead atoms. The van der Waals surface area contributed by atoms with Gasteiger partial charge in [0.25, 0.3) is 0 Å². The fourth-order valence-electron chi connectivity index (χ4n) is 1.34. The third-order valence-electron chi connectivity index (χ3n) is 2.06. The Hall–Kier alpha value is -0.670. The first-order valence-corrected chi connectivity index (χ1v) is 5.17. The fourth-order valence-corrected chi connectivity index (χ4v) is 1.87. The Balaban J connectivity index is 3.01. The fraction of sp³-hybridized carbons (Fsp3) is 0.100. The summed E-state index contributed by atoms with van der Waals surface area (Å²) in [7, 11) is 0. The van der Waals surface area contributed by atoms with Crippen molar-refractivity contribution < 1.29 is 4.39 Å². The number of rotatable bonds is 0. The van der Waals surface area contributed by atoms with E-state index in [1.807, 2.05) is 6.92 Å². The zero-order valence-electron chi connectivity index (χ0n) is 7.31. The summed E-state index contributed by atoms with van der Waals surface area (Å²) in [5.41, 5.74) is 1.52. The Bertz CT molecular complexity index is 513. The summed E-state index contributed by atoms with van der Waals surface area (Å²) in [6.07, 6.45) is 1.58. The predicted octanol–water partition coefficient (Wildman–Crippen LogP) is 4.10. The monoisotopic (exact) mass is 273 g/mol. The van der Waals surface area contributed by atoms with Gasteiger partial charge < -0.3 is 0 Å². The van der Waals surface area contributed by atoms with Crippen LogP contribution in [0.4, 0.5) is 4.39 Å². The first kappa shape index (κ1) is 9.87. The van der Waals surface area contributed by atoms with Crippen molar-refractivity contribution in [2.24, 2.45) is 0 Å². The second kappa shape index (κ2) is 3.48. The van der Waals surface area contributed by atoms with E-state index in [1.165, 1.54) is 6.07 Å². The van der Waals surface area contributed by atoms with Gasteiger partial charge in [-0.1, -0.05) is 17.7 Å². The molecule has 2 aromatic rings. The summed E-state index contributed by atoms with van der Waals surface area (Å²) in [5, 5.41) is 0.747. The predicted molar refractivity (Wildman–Crippen MR) is 59.1 cm³/mol. The summed E-state index contributed by atoms with van der Waals surface area (Å²) in [6.45, 7) is 1.87. The van der Waals surface area contributed by atoms with Crippen LogP contribution < -0.4 is 0 Å². The van der Waals surface area contributed by atoms with Crippen LogP contribution in [0.3, 0.4) is 0 Å². The number of aromatic nitrogens is 1. The van der Waals surface area contributed by atoms with Crippen molar-refractivity contribution in [3.63, 3.8) is 0 Å². The smallest absolute Gasteiger partial charge is 0.134 e. The van der Waals surface area contributed by atoms with Gasteiger partial charge in [0.2, 0.25) is 0 Å². The van der Waals surface area contributed by atoms with Gasteiger partial charge >= 0.3 is 0 Å². The summed E-state index contributed by atoms with van der Waals surface area (Å²) in [5.74, 6) is -0.343. The Morgan fingerprint density at radius 1 is 1.43 bits per heavy atom. The highest BCUT2D eigenvalue weighted by Gasteiger charge is 2.10. The maximum atomic E-state index is 13.5. The molecule has 72 valence electrons. The normalized spacial score (nSPS) is 10.9. The lowest BCUT2D eigenvalue weighted by molar-refractivity contribution is 0.639. The number of benzene rings is 1. The first-order chi connectivity index (χ1) is 6.61. The number of hydrogen-bond acceptors (Lipinski definition) is 1. The van der Waals surface area contributed by atoms with E-state index in [2.05, 4.69) is 20.9 Å². The first-order valence-electron chi connectivity index (χ1n) is 4.00. The van der Waals surface area contributed by atoms with Crippen LogP contribution in [0.25, 0.3) is 10.9 Å². The third kappa shape index (κ3) is 1.41. The van der Waals surface area contributed by atoms with E-state index in [-0.39, 0.29) is 5.82 Å². The molecular formula is C10H6BrClFN. The van der Waals surface area contributed by atoms with Gasteiger partial charge in [0.1, 0.15) is 5.82 Å². The van der Waals surface area contributed by atoms with Crippen LogP contribution in [0.2, 0.25) is 5.02 Å². The number of fused-ring (bicyclic) bond motifs is 1. The molecule has 0 unspecified atom stereocenters. The third-order valence-corrected chi connectivity index (χ3v) is 3.29. The van der Waals surface area contributed by atoms with Crippen LogP contribution in [0.1, 0.15) is 5.56 Å². The van der Waals surface area contributed by atoms with E-state index < -0.39 is 0 Å². The molecule has 0 aliphatic heterocycles. The van der Waals surface area contributed by atoms with E-state index in [9.17, 15) is 4.39 Å². The summed E-state index contributed by atoms with van der Waals surface area (Å²) in [6, 6.07) is 3.09. The Morgan fingerprint density at radius 3 is 2.86 bits per heavy atom. The van der Waals surface area contributed by atoms with E-state index in [4.69, 9.17) is 11.6 Å². The minimum absolute atomic E-state index is 0.343. The molecule has 0 spiro atoms. The molecule has 0 saturated heterocycles. The molecule has 1 aromatic carbocycles. The molecule has 1 heterocycles. The SMILES string of the molecule is Cc1ccc(F)c2c(Cl)c(Br)cnc12. The van der Waals surface area contributed by atoms with Crippen molar-refractivity contribution in [2.45, 2.75) is 6.92 Å². The van der Waals surface area contributed by atoms with Crippen LogP contribution in [-0.2, 0) is 0 Å². The van der Waals surface area contributed by atoms with Crippen LogP contribution in [0.15, 0.2) is 22.8 Å². The van der Waals surface area contributed by atoms with Crippen molar-refractivity contribution >= 4 is 38.4 Å². The second-order valence-electron chi connectivity index (χ2n) is 3.01. The molecule has 0 N–H and O–H groups in total. The van der Waals surface area contributed by atoms with Gasteiger partial charge in [0, 0.05) is 6.20 Å². The Morgan fingerprint density at radius 2 is 2.14 bits per heavy atom. The number of halogens is 3. The van der Waals surface area contributed by atoms with Crippen LogP contribution in [-0.4, -0.2) is 4.98 Å². The van der Waals surface area contributed by atoms with E-state index >= 15 is 0 Å². The molecule has 0 fully saturated rings. The highest BCUT2D eigenvalue weighted by molar-refractivity contribution is 9.10. The molecule has 0 aliphatic rings. The molecule has 4 heteroatoms. The maximum absolute atomic E-state index is 13.5. The average molecular weight is 275 g/mol. The van der Waals surface area contributed by atoms with Gasteiger partial charge in [0.15, 0.2) is 0 Å². The number of aryl methyl sites for hydroxylation is 1. The molecular weight excluding hydrogens is 268 g/mol. The van der Waals surface area contributed by atoms with Gasteiger partial charge in [-0.05, 0) is 34.5 Å². The van der Waals surface area contributed by atoms with Gasteiger partial charge in [-0.3, -0.25) is 4.98 Å². The van der Waals surface area contributed by atoms with E-state index in [0.717, 1.165) is 5.56 Å². The van der Waals surface area contributed by atoms with E-state index in [1.54, 1.807) is 12.3 Å². The zero-order chi connectivity index (χ0) is 10.3. The maximum Gasteiger partial charge on any atom is 0.134 e. The van der Waals surface area contributed by atoms with Gasteiger partial charge in [0.05, 0.1) is 20.4 Å². The lowest BCUT2D eigenvalue weighted by atomic mass is 10.1. The van der Waals surface area contributed by atoms with Gasteiger partial charge in [-0.2, -0.15) is 0 Å². The lowest BCUT2D eigenvalue weighted by Gasteiger charge is -2.05. The molecule has 14 heavy (non-hydrogen) atoms. The standard InChI is InChI=1S/C10H6BrClFN/c1-5-2-3-7(13)8-9(12)6(11)4-14-10(5)8/h2-4H,1H3. The lowest BCUT2D eigenvalue weighted by Crippen LogP contribution is -1.88. The highest BCUT2D eigenvalue weighted by atomic mass is 79.9. The van der Waals surface area contributed by atoms with Crippen molar-refractivity contribution in [3.8, 4) is 0 Å². The average Bonchev–Trinajstić information content (AvgIpc) is 2.16. The zero-order valence-corrected chi connectivity index (χ0v) is 9.66. The van der Waals surface area contributed by atoms with Gasteiger partial charge in [-0.15, -0.1) is 0 Å². The molecule has 1 aromatic heterocycles. The highest BCUT2D eigenvalue weighted by Crippen LogP contribution is 2.32. The number of hydrogen-bond donors (Lipinski definition) is 0. The second-order valence-corrected chi connectivity index (χ2v) is 4.24. The molecule has 0 atom stereocenters. The molecule has 1 nitrogen and oxygen atoms in total. The van der Waals surface area contributed by atoms with Crippen molar-refractivity contribution in [2.75, 3.05) is 0 Å². The molecule has 0 saturated carbocycles. The summed E-state index contributed by atoms with van der Waals surface area (Å²) < 4.78 is 14.1. The number of nitrogens with zero attached hydrogens (tertiary/aromatic N) is 1. The van der Waals surface area contributed by atoms with Crippen molar-refractivity contribution in [1.29, 1.82) is 0 Å². The quantitative estimate of drug-likeness (QED) is 0.705. The van der Waals surface area contributed by atoms with Crippen LogP contribution >= 0.6 is 27.5 Å². The topological polar surface area (TPSA) is 12.9 Å². The van der Waals surface area contributed by atoms with Crippen LogP contribution in [0.5, 0.6) is 0 Å². The Labute approximate surface area is 94.0 Å². The van der Waals surface area contributed by atoms with Gasteiger partial charge in [-0.25, -0.2) is 4.39 Å². The molecule has 0 aliphatic carbocycles. The summed E-state index contributed by atoms with van der Waals surface area (Å²) in [4.78, 5) is 4.13. The minimum atomic E-state index is -0.343. The van der Waals surface area contributed by atoms with Crippen molar-refractivity contribution in [1.82, 2.24) is 4.98 Å². The van der Waals surface area contributed by atoms with Crippen LogP contribution in [0, 0.1) is 12.7 Å². The molecule has 0 radical (unpaired) electrons. The minimum Gasteiger partial charge on any atom is -0.255 e. The Kier molecular flexibility index (Phi) is 2.45. The summed E-state index contributed by atoms with van der Waals surface area (Å²) >= 11 is 9.19. The molecule has 2 rings (SSSR count). The van der Waals surface area contributed by atoms with Crippen molar-refractivity contribution in [3.05, 3.63) is 39.2 Å². The largest absolute Gasteiger partial charge is 0.255 e. The molecule has 0 amide bonds.